The normalized spacial score (nSPS) is 20.2. The molecule has 0 spiro atoms. The fourth-order valence-corrected chi connectivity index (χ4v) is 3.25. The van der Waals surface area contributed by atoms with E-state index in [1.54, 1.807) is 12.3 Å². The Labute approximate surface area is 150 Å². The number of likely N-dealkylation sites (tertiary alicyclic amines) is 1. The predicted octanol–water partition coefficient (Wildman–Crippen LogP) is 2.31. The van der Waals surface area contributed by atoms with Crippen LogP contribution in [0.3, 0.4) is 0 Å². The number of rotatable bonds is 4. The minimum Gasteiger partial charge on any atom is -0.392 e. The van der Waals surface area contributed by atoms with E-state index in [1.165, 1.54) is 0 Å². The average Bonchev–Trinajstić information content (AvgIpc) is 3.29. The van der Waals surface area contributed by atoms with Crippen molar-refractivity contribution >= 4 is 0 Å². The van der Waals surface area contributed by atoms with E-state index in [0.29, 0.717) is 42.5 Å². The van der Waals surface area contributed by atoms with Gasteiger partial charge in [-0.15, -0.1) is 0 Å². The fourth-order valence-electron chi connectivity index (χ4n) is 3.25. The predicted molar refractivity (Wildman–Crippen MR) is 92.5 cm³/mol. The molecule has 0 amide bonds. The topological polar surface area (TPSA) is 99.1 Å². The fraction of sp³-hybridized carbons (Fsp3) is 0.263. The van der Waals surface area contributed by atoms with Crippen LogP contribution >= 0.6 is 0 Å². The molecule has 1 aromatic carbocycles. The van der Waals surface area contributed by atoms with Crippen LogP contribution in [0.25, 0.3) is 11.5 Å². The summed E-state index contributed by atoms with van der Waals surface area (Å²) in [5, 5.41) is 23.2. The number of aliphatic hydroxyl groups is 1. The van der Waals surface area contributed by atoms with Gasteiger partial charge in [-0.25, -0.2) is 0 Å². The second-order valence-corrected chi connectivity index (χ2v) is 6.32. The van der Waals surface area contributed by atoms with Crippen LogP contribution in [0.15, 0.2) is 53.2 Å². The van der Waals surface area contributed by atoms with Crippen molar-refractivity contribution in [1.82, 2.24) is 20.0 Å². The molecule has 0 radical (unpaired) electrons. The molecule has 7 heteroatoms. The van der Waals surface area contributed by atoms with Crippen molar-refractivity contribution < 1.29 is 9.63 Å². The molecule has 1 fully saturated rings. The minimum atomic E-state index is -0.454. The molecule has 26 heavy (non-hydrogen) atoms. The van der Waals surface area contributed by atoms with Crippen molar-refractivity contribution in [1.29, 1.82) is 5.26 Å². The molecule has 3 aromatic rings. The molecule has 1 saturated heterocycles. The van der Waals surface area contributed by atoms with E-state index in [4.69, 9.17) is 9.78 Å². The Morgan fingerprint density at radius 1 is 1.27 bits per heavy atom. The van der Waals surface area contributed by atoms with Crippen LogP contribution in [0.5, 0.6) is 0 Å². The lowest BCUT2D eigenvalue weighted by atomic mass is 10.1. The highest BCUT2D eigenvalue weighted by atomic mass is 16.5. The Balaban J connectivity index is 1.57. The van der Waals surface area contributed by atoms with E-state index in [2.05, 4.69) is 26.1 Å². The van der Waals surface area contributed by atoms with Crippen LogP contribution in [-0.2, 0) is 6.54 Å². The van der Waals surface area contributed by atoms with E-state index in [0.717, 1.165) is 5.56 Å². The van der Waals surface area contributed by atoms with E-state index >= 15 is 0 Å². The summed E-state index contributed by atoms with van der Waals surface area (Å²) in [6.07, 6.45) is 1.75. The molecule has 1 aliphatic rings. The molecule has 130 valence electrons. The van der Waals surface area contributed by atoms with Crippen LogP contribution in [0.2, 0.25) is 0 Å². The number of nitrogens with zero attached hydrogens (tertiary/aromatic N) is 5. The molecule has 3 heterocycles. The van der Waals surface area contributed by atoms with Crippen molar-refractivity contribution in [3.05, 3.63) is 65.7 Å². The van der Waals surface area contributed by atoms with Crippen LogP contribution < -0.4 is 0 Å². The molecule has 7 nitrogen and oxygen atoms in total. The van der Waals surface area contributed by atoms with Gasteiger partial charge in [-0.1, -0.05) is 23.4 Å². The SMILES string of the molecule is N#Cc1cccc(CN2CC(O)CC2c2nc(-c3ccccn3)no2)c1. The maximum Gasteiger partial charge on any atom is 0.244 e. The summed E-state index contributed by atoms with van der Waals surface area (Å²) >= 11 is 0. The first-order valence-corrected chi connectivity index (χ1v) is 8.39. The lowest BCUT2D eigenvalue weighted by Gasteiger charge is -2.21. The summed E-state index contributed by atoms with van der Waals surface area (Å²) in [4.78, 5) is 10.8. The maximum atomic E-state index is 10.1. The Bertz CT molecular complexity index is 934. The van der Waals surface area contributed by atoms with Gasteiger partial charge < -0.3 is 9.63 Å². The molecule has 2 unspecified atom stereocenters. The summed E-state index contributed by atoms with van der Waals surface area (Å²) in [5.41, 5.74) is 2.27. The van der Waals surface area contributed by atoms with Crippen LogP contribution in [0, 0.1) is 11.3 Å². The van der Waals surface area contributed by atoms with Gasteiger partial charge in [0, 0.05) is 19.3 Å². The van der Waals surface area contributed by atoms with Crippen LogP contribution in [0.4, 0.5) is 0 Å². The molecular formula is C19H17N5O2. The van der Waals surface area contributed by atoms with Gasteiger partial charge in [0.05, 0.1) is 23.8 Å². The van der Waals surface area contributed by atoms with Crippen molar-refractivity contribution in [2.45, 2.75) is 25.1 Å². The van der Waals surface area contributed by atoms with Gasteiger partial charge in [0.1, 0.15) is 5.69 Å². The lowest BCUT2D eigenvalue weighted by molar-refractivity contribution is 0.169. The third-order valence-electron chi connectivity index (χ3n) is 4.44. The number of pyridine rings is 1. The first-order valence-electron chi connectivity index (χ1n) is 8.39. The van der Waals surface area contributed by atoms with Crippen LogP contribution in [-0.4, -0.2) is 37.8 Å². The largest absolute Gasteiger partial charge is 0.392 e. The van der Waals surface area contributed by atoms with Gasteiger partial charge in [-0.2, -0.15) is 10.2 Å². The molecule has 0 saturated carbocycles. The second-order valence-electron chi connectivity index (χ2n) is 6.32. The lowest BCUT2D eigenvalue weighted by Crippen LogP contribution is -2.24. The first kappa shape index (κ1) is 16.4. The first-order chi connectivity index (χ1) is 12.7. The van der Waals surface area contributed by atoms with Crippen molar-refractivity contribution in [3.8, 4) is 17.6 Å². The van der Waals surface area contributed by atoms with Crippen molar-refractivity contribution in [3.63, 3.8) is 0 Å². The molecule has 1 N–H and O–H groups in total. The molecule has 0 aliphatic carbocycles. The van der Waals surface area contributed by atoms with Gasteiger partial charge in [0.25, 0.3) is 0 Å². The number of β-amino-alcohol motifs (C(OH)–C–C–N with tert-alkyl or cyclic N) is 1. The maximum absolute atomic E-state index is 10.1. The van der Waals surface area contributed by atoms with E-state index in [1.807, 2.05) is 36.4 Å². The highest BCUT2D eigenvalue weighted by Crippen LogP contribution is 2.33. The zero-order valence-electron chi connectivity index (χ0n) is 14.0. The Hall–Kier alpha value is -3.08. The Morgan fingerprint density at radius 2 is 2.19 bits per heavy atom. The zero-order valence-corrected chi connectivity index (χ0v) is 14.0. The number of aliphatic hydroxyl groups excluding tert-OH is 1. The highest BCUT2D eigenvalue weighted by Gasteiger charge is 2.36. The molecule has 2 atom stereocenters. The molecule has 2 aromatic heterocycles. The van der Waals surface area contributed by atoms with E-state index in [-0.39, 0.29) is 6.04 Å². The van der Waals surface area contributed by atoms with E-state index in [9.17, 15) is 5.11 Å². The number of hydrogen-bond acceptors (Lipinski definition) is 7. The number of benzene rings is 1. The van der Waals surface area contributed by atoms with Crippen molar-refractivity contribution in [2.24, 2.45) is 0 Å². The van der Waals surface area contributed by atoms with Crippen molar-refractivity contribution in [2.75, 3.05) is 6.54 Å². The summed E-state index contributed by atoms with van der Waals surface area (Å²) in [5.74, 6) is 0.909. The summed E-state index contributed by atoms with van der Waals surface area (Å²) in [7, 11) is 0. The standard InChI is InChI=1S/C19H17N5O2/c20-10-13-4-3-5-14(8-13)11-24-12-15(25)9-17(24)19-22-18(23-26-19)16-6-1-2-7-21-16/h1-8,15,17,25H,9,11-12H2. The number of aromatic nitrogens is 3. The third-order valence-corrected chi connectivity index (χ3v) is 4.44. The van der Waals surface area contributed by atoms with Gasteiger partial charge >= 0.3 is 0 Å². The van der Waals surface area contributed by atoms with Crippen LogP contribution in [0.1, 0.15) is 29.5 Å². The van der Waals surface area contributed by atoms with Gasteiger partial charge in [0.15, 0.2) is 0 Å². The molecule has 4 rings (SSSR count). The zero-order chi connectivity index (χ0) is 17.9. The Kier molecular flexibility index (Phi) is 4.44. The molecule has 1 aliphatic heterocycles. The summed E-state index contributed by atoms with van der Waals surface area (Å²) in [6, 6.07) is 15.0. The second kappa shape index (κ2) is 7.04. The summed E-state index contributed by atoms with van der Waals surface area (Å²) < 4.78 is 5.46. The number of hydrogen-bond donors (Lipinski definition) is 1. The quantitative estimate of drug-likeness (QED) is 0.773. The van der Waals surface area contributed by atoms with Gasteiger partial charge in [0.2, 0.25) is 11.7 Å². The smallest absolute Gasteiger partial charge is 0.244 e. The summed E-state index contributed by atoms with van der Waals surface area (Å²) in [6.45, 7) is 1.11. The average molecular weight is 347 g/mol. The highest BCUT2D eigenvalue weighted by molar-refractivity contribution is 5.47. The Morgan fingerprint density at radius 3 is 3.00 bits per heavy atom. The number of nitriles is 1. The monoisotopic (exact) mass is 347 g/mol. The van der Waals surface area contributed by atoms with E-state index < -0.39 is 6.10 Å². The van der Waals surface area contributed by atoms with Gasteiger partial charge in [-0.3, -0.25) is 9.88 Å². The molecular weight excluding hydrogens is 330 g/mol. The van der Waals surface area contributed by atoms with Gasteiger partial charge in [-0.05, 0) is 36.2 Å². The molecule has 0 bridgehead atoms. The minimum absolute atomic E-state index is 0.166. The third kappa shape index (κ3) is 3.33.